The number of hydrogen-bond acceptors (Lipinski definition) is 3. The summed E-state index contributed by atoms with van der Waals surface area (Å²) in [6.45, 7) is 4.39. The van der Waals surface area contributed by atoms with Crippen molar-refractivity contribution < 1.29 is 14.7 Å². The summed E-state index contributed by atoms with van der Waals surface area (Å²) in [6.07, 6.45) is 3.02. The van der Waals surface area contributed by atoms with Gasteiger partial charge >= 0.3 is 5.97 Å². The minimum atomic E-state index is -1.07. The van der Waals surface area contributed by atoms with Crippen LogP contribution >= 0.6 is 11.8 Å². The molecule has 1 aliphatic rings. The SMILES string of the molecule is CC(C)Cc1ccc(CCC(=O)NC2(C(=O)O)CCSCC2)cc1. The zero-order valence-corrected chi connectivity index (χ0v) is 15.3. The topological polar surface area (TPSA) is 66.4 Å². The lowest BCUT2D eigenvalue weighted by Gasteiger charge is -2.33. The molecule has 0 unspecified atom stereocenters. The Labute approximate surface area is 148 Å². The molecule has 0 atom stereocenters. The fourth-order valence-corrected chi connectivity index (χ4v) is 4.20. The number of carboxylic acid groups (broad SMARTS) is 1. The molecule has 132 valence electrons. The summed E-state index contributed by atoms with van der Waals surface area (Å²) in [5.74, 6) is 1.11. The summed E-state index contributed by atoms with van der Waals surface area (Å²) < 4.78 is 0. The van der Waals surface area contributed by atoms with E-state index in [0.717, 1.165) is 23.5 Å². The number of hydrogen-bond donors (Lipinski definition) is 2. The van der Waals surface area contributed by atoms with E-state index in [0.29, 0.717) is 31.6 Å². The first-order valence-electron chi connectivity index (χ1n) is 8.61. The molecule has 0 spiro atoms. The minimum Gasteiger partial charge on any atom is -0.480 e. The van der Waals surface area contributed by atoms with Gasteiger partial charge in [-0.1, -0.05) is 38.1 Å². The molecule has 0 bridgehead atoms. The van der Waals surface area contributed by atoms with E-state index in [9.17, 15) is 14.7 Å². The van der Waals surface area contributed by atoms with E-state index >= 15 is 0 Å². The molecule has 1 fully saturated rings. The summed E-state index contributed by atoms with van der Waals surface area (Å²) >= 11 is 1.74. The fraction of sp³-hybridized carbons (Fsp3) is 0.579. The number of aliphatic carboxylic acids is 1. The predicted octanol–water partition coefficient (Wildman–Crippen LogP) is 3.28. The fourth-order valence-electron chi connectivity index (χ4n) is 3.01. The summed E-state index contributed by atoms with van der Waals surface area (Å²) in [5.41, 5.74) is 1.35. The molecule has 1 aromatic carbocycles. The van der Waals surface area contributed by atoms with Gasteiger partial charge in [0, 0.05) is 6.42 Å². The molecule has 1 saturated heterocycles. The highest BCUT2D eigenvalue weighted by molar-refractivity contribution is 7.99. The lowest BCUT2D eigenvalue weighted by Crippen LogP contribution is -2.56. The van der Waals surface area contributed by atoms with Gasteiger partial charge in [0.15, 0.2) is 0 Å². The number of amides is 1. The highest BCUT2D eigenvalue weighted by atomic mass is 32.2. The molecule has 1 aliphatic heterocycles. The first-order chi connectivity index (χ1) is 11.4. The molecule has 2 rings (SSSR count). The average molecular weight is 349 g/mol. The number of nitrogens with one attached hydrogen (secondary N) is 1. The second kappa shape index (κ2) is 8.56. The van der Waals surface area contributed by atoms with Gasteiger partial charge in [-0.3, -0.25) is 4.79 Å². The van der Waals surface area contributed by atoms with E-state index < -0.39 is 11.5 Å². The van der Waals surface area contributed by atoms with Crippen LogP contribution in [0.5, 0.6) is 0 Å². The Morgan fingerprint density at radius 2 is 1.75 bits per heavy atom. The normalized spacial score (nSPS) is 16.8. The number of carbonyl (C=O) groups is 2. The highest BCUT2D eigenvalue weighted by Gasteiger charge is 2.41. The van der Waals surface area contributed by atoms with Gasteiger partial charge in [0.1, 0.15) is 5.54 Å². The standard InChI is InChI=1S/C19H27NO3S/c1-14(2)13-16-5-3-15(4-6-16)7-8-17(21)20-19(18(22)23)9-11-24-12-10-19/h3-6,14H,7-13H2,1-2H3,(H,20,21)(H,22,23). The number of benzene rings is 1. The molecule has 0 aromatic heterocycles. The van der Waals surface area contributed by atoms with Crippen LogP contribution in [-0.4, -0.2) is 34.0 Å². The number of carbonyl (C=O) groups excluding carboxylic acids is 1. The molecule has 2 N–H and O–H groups in total. The molecule has 5 heteroatoms. The van der Waals surface area contributed by atoms with Crippen molar-refractivity contribution in [3.05, 3.63) is 35.4 Å². The second-order valence-electron chi connectivity index (χ2n) is 6.96. The van der Waals surface area contributed by atoms with Crippen LogP contribution in [-0.2, 0) is 22.4 Å². The van der Waals surface area contributed by atoms with E-state index in [4.69, 9.17) is 0 Å². The van der Waals surface area contributed by atoms with Gasteiger partial charge in [-0.05, 0) is 54.2 Å². The number of aryl methyl sites for hydroxylation is 1. The molecular formula is C19H27NO3S. The van der Waals surface area contributed by atoms with E-state index in [1.165, 1.54) is 5.56 Å². The van der Waals surface area contributed by atoms with Crippen molar-refractivity contribution in [3.8, 4) is 0 Å². The summed E-state index contributed by atoms with van der Waals surface area (Å²) in [5, 5.41) is 12.3. The first-order valence-corrected chi connectivity index (χ1v) is 9.77. The van der Waals surface area contributed by atoms with Gasteiger partial charge in [0.25, 0.3) is 0 Å². The van der Waals surface area contributed by atoms with Crippen LogP contribution < -0.4 is 5.32 Å². The molecule has 1 aromatic rings. The number of thioether (sulfide) groups is 1. The molecule has 0 radical (unpaired) electrons. The maximum atomic E-state index is 12.2. The van der Waals surface area contributed by atoms with Crippen LogP contribution in [0, 0.1) is 5.92 Å². The quantitative estimate of drug-likeness (QED) is 0.793. The van der Waals surface area contributed by atoms with Crippen molar-refractivity contribution in [1.29, 1.82) is 0 Å². The van der Waals surface area contributed by atoms with Gasteiger partial charge < -0.3 is 10.4 Å². The lowest BCUT2D eigenvalue weighted by atomic mass is 9.92. The Hall–Kier alpha value is -1.49. The van der Waals surface area contributed by atoms with Gasteiger partial charge in [0.2, 0.25) is 5.91 Å². The average Bonchev–Trinajstić information content (AvgIpc) is 2.54. The van der Waals surface area contributed by atoms with Crippen LogP contribution in [0.2, 0.25) is 0 Å². The van der Waals surface area contributed by atoms with Crippen LogP contribution in [0.15, 0.2) is 24.3 Å². The summed E-state index contributed by atoms with van der Waals surface area (Å²) in [4.78, 5) is 23.8. The zero-order chi connectivity index (χ0) is 17.6. The minimum absolute atomic E-state index is 0.171. The van der Waals surface area contributed by atoms with Gasteiger partial charge in [-0.15, -0.1) is 0 Å². The monoisotopic (exact) mass is 349 g/mol. The molecule has 0 saturated carbocycles. The Morgan fingerprint density at radius 3 is 2.29 bits per heavy atom. The highest BCUT2D eigenvalue weighted by Crippen LogP contribution is 2.27. The lowest BCUT2D eigenvalue weighted by molar-refractivity contribution is -0.148. The largest absolute Gasteiger partial charge is 0.480 e. The van der Waals surface area contributed by atoms with Crippen molar-refractivity contribution >= 4 is 23.6 Å². The number of rotatable bonds is 7. The van der Waals surface area contributed by atoms with Crippen LogP contribution in [0.25, 0.3) is 0 Å². The van der Waals surface area contributed by atoms with E-state index in [1.54, 1.807) is 11.8 Å². The van der Waals surface area contributed by atoms with Crippen molar-refractivity contribution in [2.24, 2.45) is 5.92 Å². The van der Waals surface area contributed by atoms with Crippen molar-refractivity contribution in [2.75, 3.05) is 11.5 Å². The molecule has 1 amide bonds. The van der Waals surface area contributed by atoms with Gasteiger partial charge in [0.05, 0.1) is 0 Å². The Morgan fingerprint density at radius 1 is 1.17 bits per heavy atom. The molecule has 0 aliphatic carbocycles. The first kappa shape index (κ1) is 18.8. The molecule has 24 heavy (non-hydrogen) atoms. The van der Waals surface area contributed by atoms with Crippen molar-refractivity contribution in [3.63, 3.8) is 0 Å². The Balaban J connectivity index is 1.87. The third-order valence-corrected chi connectivity index (χ3v) is 5.43. The zero-order valence-electron chi connectivity index (χ0n) is 14.5. The van der Waals surface area contributed by atoms with Crippen LogP contribution in [0.4, 0.5) is 0 Å². The van der Waals surface area contributed by atoms with E-state index in [-0.39, 0.29) is 5.91 Å². The van der Waals surface area contributed by atoms with Crippen LogP contribution in [0.3, 0.4) is 0 Å². The maximum Gasteiger partial charge on any atom is 0.329 e. The van der Waals surface area contributed by atoms with Gasteiger partial charge in [-0.25, -0.2) is 4.79 Å². The van der Waals surface area contributed by atoms with E-state index in [1.807, 2.05) is 0 Å². The second-order valence-corrected chi connectivity index (χ2v) is 8.19. The van der Waals surface area contributed by atoms with Crippen molar-refractivity contribution in [1.82, 2.24) is 5.32 Å². The van der Waals surface area contributed by atoms with E-state index in [2.05, 4.69) is 43.4 Å². The molecular weight excluding hydrogens is 322 g/mol. The predicted molar refractivity (Wildman–Crippen MR) is 98.4 cm³/mol. The molecule has 1 heterocycles. The number of carboxylic acids is 1. The summed E-state index contributed by atoms with van der Waals surface area (Å²) in [7, 11) is 0. The Kier molecular flexibility index (Phi) is 6.72. The third kappa shape index (κ3) is 5.26. The summed E-state index contributed by atoms with van der Waals surface area (Å²) in [6, 6.07) is 8.36. The third-order valence-electron chi connectivity index (χ3n) is 4.44. The van der Waals surface area contributed by atoms with Gasteiger partial charge in [-0.2, -0.15) is 11.8 Å². The maximum absolute atomic E-state index is 12.2. The smallest absolute Gasteiger partial charge is 0.329 e. The Bertz CT molecular complexity index is 562. The van der Waals surface area contributed by atoms with Crippen molar-refractivity contribution in [2.45, 2.75) is 51.5 Å². The van der Waals surface area contributed by atoms with Crippen LogP contribution in [0.1, 0.15) is 44.2 Å². The molecule has 4 nitrogen and oxygen atoms in total.